The summed E-state index contributed by atoms with van der Waals surface area (Å²) in [5.41, 5.74) is -2.13. The van der Waals surface area contributed by atoms with E-state index >= 15 is 0 Å². The summed E-state index contributed by atoms with van der Waals surface area (Å²) in [6.07, 6.45) is -9.36. The minimum absolute atomic E-state index is 0.0381. The zero-order valence-corrected chi connectivity index (χ0v) is 21.4. The van der Waals surface area contributed by atoms with Crippen molar-refractivity contribution in [3.8, 4) is 0 Å². The van der Waals surface area contributed by atoms with Gasteiger partial charge in [0.25, 0.3) is 0 Å². The van der Waals surface area contributed by atoms with Crippen LogP contribution in [-0.4, -0.2) is 31.2 Å². The molecule has 1 amide bonds. The van der Waals surface area contributed by atoms with E-state index in [2.05, 4.69) is 0 Å². The molecule has 0 heterocycles. The highest BCUT2D eigenvalue weighted by molar-refractivity contribution is 6.42. The molecule has 200 valence electrons. The average Bonchev–Trinajstić information content (AvgIpc) is 2.78. The van der Waals surface area contributed by atoms with Crippen molar-refractivity contribution in [3.63, 3.8) is 0 Å². The van der Waals surface area contributed by atoms with Crippen LogP contribution in [0.15, 0.2) is 30.3 Å². The Labute approximate surface area is 215 Å². The topological polar surface area (TPSA) is 32.8 Å². The van der Waals surface area contributed by atoms with E-state index in [-0.39, 0.29) is 28.2 Å². The van der Waals surface area contributed by atoms with E-state index in [9.17, 15) is 31.1 Å². The molecule has 0 bridgehead atoms. The standard InChI is InChI=1S/C24H26Cl2F6N2O2/c1-4-6-33(7-5-2)21-12-20(26)19(25)10-16(21)14-34(22(35)36-3)13-15-8-17(23(27,28)29)11-18(9-15)24(30,31)32/h8-12H,4-7,13-14H2,1-3H3. The van der Waals surface area contributed by atoms with Gasteiger partial charge in [-0.15, -0.1) is 0 Å². The highest BCUT2D eigenvalue weighted by Crippen LogP contribution is 2.37. The van der Waals surface area contributed by atoms with Gasteiger partial charge in [-0.05, 0) is 54.3 Å². The quantitative estimate of drug-likeness (QED) is 0.289. The first kappa shape index (κ1) is 29.9. The van der Waals surface area contributed by atoms with Gasteiger partial charge in [-0.3, -0.25) is 4.90 Å². The molecule has 0 unspecified atom stereocenters. The number of hydrogen-bond acceptors (Lipinski definition) is 3. The molecular formula is C24H26Cl2F6N2O2. The van der Waals surface area contributed by atoms with Crippen molar-refractivity contribution >= 4 is 35.0 Å². The Morgan fingerprint density at radius 2 is 1.33 bits per heavy atom. The van der Waals surface area contributed by atoms with Crippen LogP contribution in [-0.2, 0) is 30.2 Å². The first-order chi connectivity index (χ1) is 16.7. The van der Waals surface area contributed by atoms with Crippen molar-refractivity contribution in [1.82, 2.24) is 4.90 Å². The van der Waals surface area contributed by atoms with Crippen LogP contribution in [0.2, 0.25) is 10.0 Å². The first-order valence-electron chi connectivity index (χ1n) is 11.0. The van der Waals surface area contributed by atoms with Gasteiger partial charge in [-0.2, -0.15) is 26.3 Å². The molecule has 0 saturated heterocycles. The van der Waals surface area contributed by atoms with Gasteiger partial charge in [0.05, 0.1) is 34.8 Å². The van der Waals surface area contributed by atoms with Crippen LogP contribution < -0.4 is 4.90 Å². The van der Waals surface area contributed by atoms with Gasteiger partial charge >= 0.3 is 18.4 Å². The molecule has 0 N–H and O–H groups in total. The second kappa shape index (κ2) is 12.3. The van der Waals surface area contributed by atoms with Crippen molar-refractivity contribution in [3.05, 3.63) is 62.6 Å². The summed E-state index contributed by atoms with van der Waals surface area (Å²) in [4.78, 5) is 15.6. The van der Waals surface area contributed by atoms with E-state index < -0.39 is 36.1 Å². The number of carbonyl (C=O) groups excluding carboxylic acids is 1. The summed E-state index contributed by atoms with van der Waals surface area (Å²) >= 11 is 12.4. The minimum Gasteiger partial charge on any atom is -0.453 e. The lowest BCUT2D eigenvalue weighted by Crippen LogP contribution is -2.32. The molecule has 0 aliphatic carbocycles. The Hall–Kier alpha value is -2.33. The summed E-state index contributed by atoms with van der Waals surface area (Å²) in [7, 11) is 1.07. The number of methoxy groups -OCH3 is 1. The highest BCUT2D eigenvalue weighted by Gasteiger charge is 2.37. The van der Waals surface area contributed by atoms with Gasteiger partial charge in [0.1, 0.15) is 0 Å². The zero-order chi connectivity index (χ0) is 27.3. The number of rotatable bonds is 9. The highest BCUT2D eigenvalue weighted by atomic mass is 35.5. The molecule has 0 aromatic heterocycles. The maximum Gasteiger partial charge on any atom is 0.416 e. The Kier molecular flexibility index (Phi) is 10.2. The van der Waals surface area contributed by atoms with Crippen molar-refractivity contribution in [2.24, 2.45) is 0 Å². The predicted octanol–water partition coefficient (Wildman–Crippen LogP) is 8.43. The van der Waals surface area contributed by atoms with Crippen LogP contribution in [0.1, 0.15) is 48.9 Å². The number of benzene rings is 2. The van der Waals surface area contributed by atoms with Crippen molar-refractivity contribution in [2.45, 2.75) is 52.1 Å². The molecule has 4 nitrogen and oxygen atoms in total. The van der Waals surface area contributed by atoms with E-state index in [1.807, 2.05) is 18.7 Å². The van der Waals surface area contributed by atoms with Gasteiger partial charge in [0.2, 0.25) is 0 Å². The lowest BCUT2D eigenvalue weighted by atomic mass is 10.0. The van der Waals surface area contributed by atoms with E-state index in [1.54, 1.807) is 6.07 Å². The minimum atomic E-state index is -5.01. The summed E-state index contributed by atoms with van der Waals surface area (Å²) in [5, 5.41) is 0.455. The fourth-order valence-electron chi connectivity index (χ4n) is 3.74. The molecule has 36 heavy (non-hydrogen) atoms. The third-order valence-electron chi connectivity index (χ3n) is 5.26. The number of alkyl halides is 6. The summed E-state index contributed by atoms with van der Waals surface area (Å²) < 4.78 is 84.6. The van der Waals surface area contributed by atoms with E-state index in [0.717, 1.165) is 24.9 Å². The van der Waals surface area contributed by atoms with Gasteiger partial charge in [0.15, 0.2) is 0 Å². The summed E-state index contributed by atoms with van der Waals surface area (Å²) in [6.45, 7) is 4.50. The molecular weight excluding hydrogens is 533 g/mol. The van der Waals surface area contributed by atoms with Crippen LogP contribution in [0.5, 0.6) is 0 Å². The van der Waals surface area contributed by atoms with Crippen LogP contribution in [0.25, 0.3) is 0 Å². The summed E-state index contributed by atoms with van der Waals surface area (Å²) in [6, 6.07) is 4.37. The van der Waals surface area contributed by atoms with E-state index in [4.69, 9.17) is 27.9 Å². The lowest BCUT2D eigenvalue weighted by molar-refractivity contribution is -0.143. The number of hydrogen-bond donors (Lipinski definition) is 0. The SMILES string of the molecule is CCCN(CCC)c1cc(Cl)c(Cl)cc1CN(Cc1cc(C(F)(F)F)cc(C(F)(F)F)c1)C(=O)OC. The Bertz CT molecular complexity index is 1020. The van der Waals surface area contributed by atoms with Crippen LogP contribution >= 0.6 is 23.2 Å². The van der Waals surface area contributed by atoms with Gasteiger partial charge < -0.3 is 9.64 Å². The second-order valence-electron chi connectivity index (χ2n) is 8.12. The molecule has 0 aliphatic heterocycles. The summed E-state index contributed by atoms with van der Waals surface area (Å²) in [5.74, 6) is 0. The van der Waals surface area contributed by atoms with E-state index in [0.29, 0.717) is 36.5 Å². The molecule has 0 saturated carbocycles. The monoisotopic (exact) mass is 558 g/mol. The molecule has 0 radical (unpaired) electrons. The smallest absolute Gasteiger partial charge is 0.416 e. The van der Waals surface area contributed by atoms with Crippen LogP contribution in [0.3, 0.4) is 0 Å². The average molecular weight is 559 g/mol. The molecule has 0 atom stereocenters. The fraction of sp³-hybridized carbons (Fsp3) is 0.458. The third-order valence-corrected chi connectivity index (χ3v) is 5.99. The number of carbonyl (C=O) groups is 1. The van der Waals surface area contributed by atoms with Crippen LogP contribution in [0, 0.1) is 0 Å². The molecule has 2 aromatic carbocycles. The van der Waals surface area contributed by atoms with Crippen molar-refractivity contribution < 1.29 is 35.9 Å². The Morgan fingerprint density at radius 1 is 0.833 bits per heavy atom. The molecule has 0 fully saturated rings. The molecule has 0 aliphatic rings. The zero-order valence-electron chi connectivity index (χ0n) is 19.9. The number of nitrogens with zero attached hydrogens (tertiary/aromatic N) is 2. The normalized spacial score (nSPS) is 12.0. The number of ether oxygens (including phenoxy) is 1. The Balaban J connectivity index is 2.56. The maximum atomic E-state index is 13.3. The van der Waals surface area contributed by atoms with E-state index in [1.165, 1.54) is 6.07 Å². The lowest BCUT2D eigenvalue weighted by Gasteiger charge is -2.29. The molecule has 2 rings (SSSR count). The molecule has 2 aromatic rings. The van der Waals surface area contributed by atoms with Gasteiger partial charge in [-0.25, -0.2) is 4.79 Å². The number of anilines is 1. The van der Waals surface area contributed by atoms with Gasteiger partial charge in [-0.1, -0.05) is 37.0 Å². The molecule has 0 spiro atoms. The fourth-order valence-corrected chi connectivity index (χ4v) is 4.09. The number of amides is 1. The number of halogens is 8. The van der Waals surface area contributed by atoms with Gasteiger partial charge in [0, 0.05) is 25.3 Å². The largest absolute Gasteiger partial charge is 0.453 e. The third kappa shape index (κ3) is 7.83. The predicted molar refractivity (Wildman–Crippen MR) is 127 cm³/mol. The van der Waals surface area contributed by atoms with Crippen molar-refractivity contribution in [2.75, 3.05) is 25.1 Å². The van der Waals surface area contributed by atoms with Crippen LogP contribution in [0.4, 0.5) is 36.8 Å². The second-order valence-corrected chi connectivity index (χ2v) is 8.94. The Morgan fingerprint density at radius 3 is 1.78 bits per heavy atom. The molecule has 12 heteroatoms. The first-order valence-corrected chi connectivity index (χ1v) is 11.8. The maximum absolute atomic E-state index is 13.3. The van der Waals surface area contributed by atoms with Crippen molar-refractivity contribution in [1.29, 1.82) is 0 Å².